The molecule has 0 aliphatic heterocycles. The number of nitrogens with two attached hydrogens (primary N) is 1. The highest BCUT2D eigenvalue weighted by molar-refractivity contribution is 5.74. The van der Waals surface area contributed by atoms with Crippen LogP contribution in [0.5, 0.6) is 5.75 Å². The smallest absolute Gasteiger partial charge is 0.217 e. The molecule has 1 aromatic rings. The summed E-state index contributed by atoms with van der Waals surface area (Å²) in [6.07, 6.45) is 2.06. The number of benzene rings is 1. The lowest BCUT2D eigenvalue weighted by atomic mass is 10.1. The van der Waals surface area contributed by atoms with Crippen LogP contribution in [0.25, 0.3) is 0 Å². The number of primary amides is 1. The summed E-state index contributed by atoms with van der Waals surface area (Å²) >= 11 is 0. The third-order valence-electron chi connectivity index (χ3n) is 2.03. The number of carbonyl (C=O) groups is 1. The molecule has 0 heterocycles. The van der Waals surface area contributed by atoms with Gasteiger partial charge < -0.3 is 10.5 Å². The van der Waals surface area contributed by atoms with Gasteiger partial charge in [-0.25, -0.2) is 0 Å². The summed E-state index contributed by atoms with van der Waals surface area (Å²) in [5.74, 6) is 0.591. The molecule has 1 aromatic carbocycles. The minimum Gasteiger partial charge on any atom is -0.494 e. The van der Waals surface area contributed by atoms with Crippen LogP contribution in [0.4, 0.5) is 0 Å². The van der Waals surface area contributed by atoms with Gasteiger partial charge in [-0.2, -0.15) is 0 Å². The summed E-state index contributed by atoms with van der Waals surface area (Å²) in [6.45, 7) is 2.79. The molecule has 3 nitrogen and oxygen atoms in total. The summed E-state index contributed by atoms with van der Waals surface area (Å²) in [7, 11) is 0. The Bertz CT molecular complexity index is 323. The molecule has 0 aromatic heterocycles. The Morgan fingerprint density at radius 3 is 2.93 bits per heavy atom. The van der Waals surface area contributed by atoms with Gasteiger partial charge in [-0.05, 0) is 30.5 Å². The third kappa shape index (κ3) is 4.49. The van der Waals surface area contributed by atoms with Crippen LogP contribution in [0.1, 0.15) is 25.3 Å². The number of ether oxygens (including phenoxy) is 1. The van der Waals surface area contributed by atoms with E-state index in [1.54, 1.807) is 0 Å². The van der Waals surface area contributed by atoms with Crippen molar-refractivity contribution in [2.45, 2.75) is 26.2 Å². The van der Waals surface area contributed by atoms with Crippen molar-refractivity contribution in [3.63, 3.8) is 0 Å². The molecule has 0 fully saturated rings. The Morgan fingerprint density at radius 2 is 2.27 bits per heavy atom. The number of hydrogen-bond acceptors (Lipinski definition) is 2. The molecule has 0 radical (unpaired) electrons. The van der Waals surface area contributed by atoms with E-state index in [2.05, 4.69) is 6.92 Å². The van der Waals surface area contributed by atoms with Gasteiger partial charge in [0.15, 0.2) is 0 Å². The van der Waals surface area contributed by atoms with Gasteiger partial charge in [0.25, 0.3) is 0 Å². The van der Waals surface area contributed by atoms with Crippen LogP contribution < -0.4 is 10.5 Å². The quantitative estimate of drug-likeness (QED) is 0.774. The van der Waals surface area contributed by atoms with Crippen molar-refractivity contribution in [3.05, 3.63) is 29.8 Å². The van der Waals surface area contributed by atoms with E-state index in [1.807, 2.05) is 24.3 Å². The Balaban J connectivity index is 2.53. The molecule has 1 amide bonds. The van der Waals surface area contributed by atoms with Crippen molar-refractivity contribution in [3.8, 4) is 5.75 Å². The summed E-state index contributed by atoms with van der Waals surface area (Å²) in [4.78, 5) is 10.6. The predicted molar refractivity (Wildman–Crippen MR) is 59.7 cm³/mol. The number of amides is 1. The monoisotopic (exact) mass is 207 g/mol. The first-order valence-electron chi connectivity index (χ1n) is 5.22. The van der Waals surface area contributed by atoms with Crippen LogP contribution >= 0.6 is 0 Å². The normalized spacial score (nSPS) is 9.93. The first-order valence-corrected chi connectivity index (χ1v) is 5.22. The van der Waals surface area contributed by atoms with E-state index in [0.29, 0.717) is 12.8 Å². The highest BCUT2D eigenvalue weighted by Gasteiger charge is 1.99. The first-order chi connectivity index (χ1) is 7.22. The van der Waals surface area contributed by atoms with Gasteiger partial charge in [-0.1, -0.05) is 19.1 Å². The van der Waals surface area contributed by atoms with Crippen LogP contribution in [0.15, 0.2) is 24.3 Å². The molecule has 0 atom stereocenters. The highest BCUT2D eigenvalue weighted by Crippen LogP contribution is 2.14. The van der Waals surface area contributed by atoms with Gasteiger partial charge in [0, 0.05) is 6.42 Å². The molecule has 0 saturated carbocycles. The maximum absolute atomic E-state index is 10.6. The first kappa shape index (κ1) is 11.6. The summed E-state index contributed by atoms with van der Waals surface area (Å²) in [5.41, 5.74) is 6.17. The molecule has 2 N–H and O–H groups in total. The van der Waals surface area contributed by atoms with E-state index in [4.69, 9.17) is 10.5 Å². The summed E-state index contributed by atoms with van der Waals surface area (Å²) in [5, 5.41) is 0. The van der Waals surface area contributed by atoms with Crippen molar-refractivity contribution in [2.75, 3.05) is 6.61 Å². The Labute approximate surface area is 90.2 Å². The SMILES string of the molecule is CCCOc1cccc(CCC(N)=O)c1. The molecule has 0 saturated heterocycles. The summed E-state index contributed by atoms with van der Waals surface area (Å²) in [6, 6.07) is 7.78. The van der Waals surface area contributed by atoms with Crippen LogP contribution in [-0.4, -0.2) is 12.5 Å². The lowest BCUT2D eigenvalue weighted by Crippen LogP contribution is -2.11. The standard InChI is InChI=1S/C12H17NO2/c1-2-8-15-11-5-3-4-10(9-11)6-7-12(13)14/h3-5,9H,2,6-8H2,1H3,(H2,13,14). The van der Waals surface area contributed by atoms with E-state index < -0.39 is 0 Å². The van der Waals surface area contributed by atoms with E-state index in [1.165, 1.54) is 0 Å². The largest absolute Gasteiger partial charge is 0.494 e. The maximum Gasteiger partial charge on any atom is 0.217 e. The number of carbonyl (C=O) groups excluding carboxylic acids is 1. The molecule has 0 spiro atoms. The Kier molecular flexibility index (Phi) is 4.68. The average molecular weight is 207 g/mol. The van der Waals surface area contributed by atoms with Crippen molar-refractivity contribution >= 4 is 5.91 Å². The molecule has 0 unspecified atom stereocenters. The molecule has 15 heavy (non-hydrogen) atoms. The fraction of sp³-hybridized carbons (Fsp3) is 0.417. The van der Waals surface area contributed by atoms with E-state index in [0.717, 1.165) is 24.3 Å². The van der Waals surface area contributed by atoms with Crippen molar-refractivity contribution in [2.24, 2.45) is 5.73 Å². The Hall–Kier alpha value is -1.51. The van der Waals surface area contributed by atoms with Crippen molar-refractivity contribution in [1.82, 2.24) is 0 Å². The number of aryl methyl sites for hydroxylation is 1. The molecule has 0 aliphatic rings. The minimum absolute atomic E-state index is 0.269. The average Bonchev–Trinajstić information content (AvgIpc) is 2.24. The fourth-order valence-electron chi connectivity index (χ4n) is 1.28. The molecule has 3 heteroatoms. The molecule has 1 rings (SSSR count). The van der Waals surface area contributed by atoms with Crippen LogP contribution in [0.3, 0.4) is 0 Å². The second-order valence-corrected chi connectivity index (χ2v) is 3.46. The molecular formula is C12H17NO2. The van der Waals surface area contributed by atoms with E-state index >= 15 is 0 Å². The van der Waals surface area contributed by atoms with Crippen LogP contribution in [0.2, 0.25) is 0 Å². The third-order valence-corrected chi connectivity index (χ3v) is 2.03. The summed E-state index contributed by atoms with van der Waals surface area (Å²) < 4.78 is 5.49. The Morgan fingerprint density at radius 1 is 1.47 bits per heavy atom. The fourth-order valence-corrected chi connectivity index (χ4v) is 1.28. The van der Waals surface area contributed by atoms with Crippen LogP contribution in [0, 0.1) is 0 Å². The zero-order chi connectivity index (χ0) is 11.1. The minimum atomic E-state index is -0.269. The lowest BCUT2D eigenvalue weighted by molar-refractivity contribution is -0.117. The predicted octanol–water partition coefficient (Wildman–Crippen LogP) is 1.89. The van der Waals surface area contributed by atoms with E-state index in [9.17, 15) is 4.79 Å². The van der Waals surface area contributed by atoms with Gasteiger partial charge in [0.05, 0.1) is 6.61 Å². The van der Waals surface area contributed by atoms with Crippen molar-refractivity contribution < 1.29 is 9.53 Å². The van der Waals surface area contributed by atoms with Gasteiger partial charge in [-0.15, -0.1) is 0 Å². The van der Waals surface area contributed by atoms with E-state index in [-0.39, 0.29) is 5.91 Å². The van der Waals surface area contributed by atoms with Gasteiger partial charge in [-0.3, -0.25) is 4.79 Å². The lowest BCUT2D eigenvalue weighted by Gasteiger charge is -2.06. The van der Waals surface area contributed by atoms with Gasteiger partial charge in [0.2, 0.25) is 5.91 Å². The highest BCUT2D eigenvalue weighted by atomic mass is 16.5. The number of rotatable bonds is 6. The number of hydrogen-bond donors (Lipinski definition) is 1. The molecule has 0 aliphatic carbocycles. The molecule has 82 valence electrons. The molecule has 0 bridgehead atoms. The zero-order valence-electron chi connectivity index (χ0n) is 9.03. The zero-order valence-corrected chi connectivity index (χ0v) is 9.03. The maximum atomic E-state index is 10.6. The second kappa shape index (κ2) is 6.06. The second-order valence-electron chi connectivity index (χ2n) is 3.46. The van der Waals surface area contributed by atoms with Crippen LogP contribution in [-0.2, 0) is 11.2 Å². The van der Waals surface area contributed by atoms with Crippen molar-refractivity contribution in [1.29, 1.82) is 0 Å². The van der Waals surface area contributed by atoms with Gasteiger partial charge >= 0.3 is 0 Å². The molecular weight excluding hydrogens is 190 g/mol. The topological polar surface area (TPSA) is 52.3 Å². The van der Waals surface area contributed by atoms with Gasteiger partial charge in [0.1, 0.15) is 5.75 Å².